The number of ether oxygens (including phenoxy) is 1. The van der Waals surface area contributed by atoms with Gasteiger partial charge in [0.15, 0.2) is 0 Å². The van der Waals surface area contributed by atoms with Crippen molar-refractivity contribution in [3.63, 3.8) is 0 Å². The van der Waals surface area contributed by atoms with Crippen LogP contribution in [0.25, 0.3) is 0 Å². The number of para-hydroxylation sites is 1. The van der Waals surface area contributed by atoms with Crippen LogP contribution >= 0.6 is 0 Å². The number of rotatable bonds is 7. The fraction of sp³-hybridized carbons (Fsp3) is 0.261. The monoisotopic (exact) mass is 362 g/mol. The van der Waals surface area contributed by atoms with Gasteiger partial charge in [-0.2, -0.15) is 0 Å². The summed E-state index contributed by atoms with van der Waals surface area (Å²) in [6.07, 6.45) is 2.33. The molecule has 4 nitrogen and oxygen atoms in total. The van der Waals surface area contributed by atoms with Crippen LogP contribution in [0.2, 0.25) is 0 Å². The van der Waals surface area contributed by atoms with Gasteiger partial charge < -0.3 is 15.6 Å². The highest BCUT2D eigenvalue weighted by molar-refractivity contribution is 5.46. The zero-order valence-corrected chi connectivity index (χ0v) is 15.9. The molecule has 140 valence electrons. The van der Waals surface area contributed by atoms with Gasteiger partial charge in [-0.05, 0) is 48.7 Å². The lowest BCUT2D eigenvalue weighted by Crippen LogP contribution is -2.09. The maximum atomic E-state index is 10.4. The minimum Gasteiger partial charge on any atom is -0.506 e. The van der Waals surface area contributed by atoms with Crippen LogP contribution in [0.15, 0.2) is 54.6 Å². The first-order valence-electron chi connectivity index (χ1n) is 9.34. The smallest absolute Gasteiger partial charge is 0.141 e. The van der Waals surface area contributed by atoms with Gasteiger partial charge >= 0.3 is 0 Å². The molecule has 0 unspecified atom stereocenters. The molecule has 0 aliphatic heterocycles. The van der Waals surface area contributed by atoms with Crippen molar-refractivity contribution in [2.24, 2.45) is 5.73 Å². The minimum absolute atomic E-state index is 0.252. The van der Waals surface area contributed by atoms with Crippen molar-refractivity contribution in [3.8, 4) is 17.2 Å². The van der Waals surface area contributed by atoms with Crippen LogP contribution in [-0.4, -0.2) is 10.1 Å². The molecule has 0 amide bonds. The highest BCUT2D eigenvalue weighted by Gasteiger charge is 2.15. The van der Waals surface area contributed by atoms with E-state index in [0.29, 0.717) is 13.0 Å². The summed E-state index contributed by atoms with van der Waals surface area (Å²) < 4.78 is 5.93. The van der Waals surface area contributed by atoms with E-state index >= 15 is 0 Å². The third-order valence-corrected chi connectivity index (χ3v) is 4.65. The van der Waals surface area contributed by atoms with E-state index < -0.39 is 0 Å². The number of aromatic hydroxyl groups is 1. The van der Waals surface area contributed by atoms with Crippen molar-refractivity contribution >= 4 is 0 Å². The van der Waals surface area contributed by atoms with Crippen molar-refractivity contribution in [2.45, 2.75) is 39.7 Å². The van der Waals surface area contributed by atoms with Gasteiger partial charge in [0, 0.05) is 24.2 Å². The Labute approximate surface area is 160 Å². The Hall–Kier alpha value is -2.85. The van der Waals surface area contributed by atoms with Gasteiger partial charge in [0.05, 0.1) is 5.69 Å². The predicted octanol–water partition coefficient (Wildman–Crippen LogP) is 4.89. The fourth-order valence-electron chi connectivity index (χ4n) is 3.20. The first-order chi connectivity index (χ1) is 13.1. The molecule has 1 aromatic heterocycles. The lowest BCUT2D eigenvalue weighted by atomic mass is 9.99. The zero-order valence-electron chi connectivity index (χ0n) is 15.9. The molecule has 4 heteroatoms. The Morgan fingerprint density at radius 1 is 1.00 bits per heavy atom. The molecule has 0 saturated heterocycles. The second-order valence-electron chi connectivity index (χ2n) is 6.65. The number of aromatic nitrogens is 1. The van der Waals surface area contributed by atoms with Crippen LogP contribution in [0.3, 0.4) is 0 Å². The largest absolute Gasteiger partial charge is 0.506 e. The van der Waals surface area contributed by atoms with Crippen LogP contribution in [-0.2, 0) is 19.4 Å². The summed E-state index contributed by atoms with van der Waals surface area (Å²) in [6.45, 7) is 4.36. The molecule has 0 radical (unpaired) electrons. The fourth-order valence-corrected chi connectivity index (χ4v) is 3.20. The third kappa shape index (κ3) is 4.47. The van der Waals surface area contributed by atoms with Gasteiger partial charge in [-0.25, -0.2) is 0 Å². The number of nitrogens with zero attached hydrogens (tertiary/aromatic N) is 1. The SMILES string of the molecule is CCCc1nc(Cc2cccc(Oc3ccccc3)c2)c(C)c(CN)c1O. The maximum absolute atomic E-state index is 10.4. The first kappa shape index (κ1) is 18.9. The lowest BCUT2D eigenvalue weighted by Gasteiger charge is -2.15. The molecule has 2 aromatic carbocycles. The predicted molar refractivity (Wildman–Crippen MR) is 108 cm³/mol. The number of hydrogen-bond acceptors (Lipinski definition) is 4. The molecular formula is C23H26N2O2. The molecule has 3 rings (SSSR count). The normalized spacial score (nSPS) is 10.8. The van der Waals surface area contributed by atoms with Gasteiger partial charge in [-0.3, -0.25) is 4.98 Å². The van der Waals surface area contributed by atoms with E-state index in [4.69, 9.17) is 15.5 Å². The highest BCUT2D eigenvalue weighted by atomic mass is 16.5. The average molecular weight is 362 g/mol. The number of hydrogen-bond donors (Lipinski definition) is 2. The zero-order chi connectivity index (χ0) is 19.2. The highest BCUT2D eigenvalue weighted by Crippen LogP contribution is 2.29. The topological polar surface area (TPSA) is 68.4 Å². The Bertz CT molecular complexity index is 908. The van der Waals surface area contributed by atoms with Crippen LogP contribution in [0.4, 0.5) is 0 Å². The van der Waals surface area contributed by atoms with Crippen LogP contribution in [0, 0.1) is 6.92 Å². The second-order valence-corrected chi connectivity index (χ2v) is 6.65. The van der Waals surface area contributed by atoms with Gasteiger partial charge in [0.2, 0.25) is 0 Å². The molecule has 0 atom stereocenters. The van der Waals surface area contributed by atoms with E-state index in [1.165, 1.54) is 0 Å². The minimum atomic E-state index is 0.252. The van der Waals surface area contributed by atoms with E-state index in [2.05, 4.69) is 13.0 Å². The number of nitrogens with two attached hydrogens (primary N) is 1. The van der Waals surface area contributed by atoms with E-state index in [1.807, 2.05) is 55.5 Å². The number of aryl methyl sites for hydroxylation is 1. The number of benzene rings is 2. The molecule has 0 spiro atoms. The summed E-state index contributed by atoms with van der Waals surface area (Å²) in [7, 11) is 0. The molecular weight excluding hydrogens is 336 g/mol. The summed E-state index contributed by atoms with van der Waals surface area (Å²) >= 11 is 0. The Balaban J connectivity index is 1.89. The molecule has 27 heavy (non-hydrogen) atoms. The Morgan fingerprint density at radius 2 is 1.74 bits per heavy atom. The maximum Gasteiger partial charge on any atom is 0.141 e. The molecule has 3 aromatic rings. The quantitative estimate of drug-likeness (QED) is 0.628. The summed E-state index contributed by atoms with van der Waals surface area (Å²) in [4.78, 5) is 4.73. The number of pyridine rings is 1. The van der Waals surface area contributed by atoms with Crippen molar-refractivity contribution < 1.29 is 9.84 Å². The molecule has 3 N–H and O–H groups in total. The molecule has 0 saturated carbocycles. The summed E-state index contributed by atoms with van der Waals surface area (Å²) in [5, 5.41) is 10.4. The molecule has 0 bridgehead atoms. The van der Waals surface area contributed by atoms with Crippen molar-refractivity contribution in [1.82, 2.24) is 4.98 Å². The average Bonchev–Trinajstić information content (AvgIpc) is 2.67. The van der Waals surface area contributed by atoms with Gasteiger partial charge in [-0.1, -0.05) is 43.7 Å². The summed E-state index contributed by atoms with van der Waals surface area (Å²) in [5.74, 6) is 1.86. The van der Waals surface area contributed by atoms with Gasteiger partial charge in [0.1, 0.15) is 17.2 Å². The standard InChI is InChI=1S/C23H26N2O2/c1-3-8-21-23(26)20(15-24)16(2)22(25-21)14-17-9-7-12-19(13-17)27-18-10-5-4-6-11-18/h4-7,9-13,26H,3,8,14-15,24H2,1-2H3. The van der Waals surface area contributed by atoms with Crippen LogP contribution in [0.1, 0.15) is 41.4 Å². The van der Waals surface area contributed by atoms with Crippen molar-refractivity contribution in [2.75, 3.05) is 0 Å². The molecule has 0 fully saturated rings. The third-order valence-electron chi connectivity index (χ3n) is 4.65. The molecule has 0 aliphatic rings. The van der Waals surface area contributed by atoms with Crippen LogP contribution in [0.5, 0.6) is 17.2 Å². The van der Waals surface area contributed by atoms with E-state index in [0.717, 1.165) is 52.4 Å². The second kappa shape index (κ2) is 8.69. The summed E-state index contributed by atoms with van der Waals surface area (Å²) in [6, 6.07) is 17.8. The van der Waals surface area contributed by atoms with Gasteiger partial charge in [-0.15, -0.1) is 0 Å². The van der Waals surface area contributed by atoms with Crippen molar-refractivity contribution in [1.29, 1.82) is 0 Å². The van der Waals surface area contributed by atoms with E-state index in [-0.39, 0.29) is 5.75 Å². The Kier molecular flexibility index (Phi) is 6.09. The van der Waals surface area contributed by atoms with E-state index in [9.17, 15) is 5.11 Å². The molecule has 1 heterocycles. The molecule has 0 aliphatic carbocycles. The van der Waals surface area contributed by atoms with Gasteiger partial charge in [0.25, 0.3) is 0 Å². The van der Waals surface area contributed by atoms with E-state index in [1.54, 1.807) is 0 Å². The first-order valence-corrected chi connectivity index (χ1v) is 9.34. The Morgan fingerprint density at radius 3 is 2.44 bits per heavy atom. The van der Waals surface area contributed by atoms with Crippen molar-refractivity contribution in [3.05, 3.63) is 82.7 Å². The summed E-state index contributed by atoms with van der Waals surface area (Å²) in [5.41, 5.74) is 10.4. The van der Waals surface area contributed by atoms with Crippen LogP contribution < -0.4 is 10.5 Å². The lowest BCUT2D eigenvalue weighted by molar-refractivity contribution is 0.454.